The van der Waals surface area contributed by atoms with Gasteiger partial charge in [0.05, 0.1) is 0 Å². The molecule has 2 rings (SSSR count). The van der Waals surface area contributed by atoms with Gasteiger partial charge in [0.1, 0.15) is 0 Å². The van der Waals surface area contributed by atoms with Crippen molar-refractivity contribution < 1.29 is 0 Å². The Hall–Kier alpha value is -0.0800. The third kappa shape index (κ3) is 3.46. The summed E-state index contributed by atoms with van der Waals surface area (Å²) in [6, 6.07) is 2.45. The molecule has 2 heteroatoms. The van der Waals surface area contributed by atoms with Crippen LogP contribution >= 0.6 is 0 Å². The van der Waals surface area contributed by atoms with Gasteiger partial charge in [-0.3, -0.25) is 4.90 Å². The molecular formula is C13H26N2. The van der Waals surface area contributed by atoms with Gasteiger partial charge >= 0.3 is 0 Å². The van der Waals surface area contributed by atoms with Gasteiger partial charge < -0.3 is 5.32 Å². The standard InChI is InChI=1S/C13H26N2/c1-3-4-5-11(2)14-12-8-9-15(10-12)13-6-7-13/h11-14H,3-10H2,1-2H3. The Morgan fingerprint density at radius 2 is 2.13 bits per heavy atom. The van der Waals surface area contributed by atoms with Gasteiger partial charge in [-0.15, -0.1) is 0 Å². The van der Waals surface area contributed by atoms with E-state index in [4.69, 9.17) is 0 Å². The van der Waals surface area contributed by atoms with Crippen molar-refractivity contribution in [1.82, 2.24) is 10.2 Å². The Labute approximate surface area is 94.4 Å². The molecule has 0 spiro atoms. The quantitative estimate of drug-likeness (QED) is 0.724. The van der Waals surface area contributed by atoms with E-state index in [2.05, 4.69) is 24.1 Å². The van der Waals surface area contributed by atoms with Gasteiger partial charge in [-0.25, -0.2) is 0 Å². The van der Waals surface area contributed by atoms with Crippen molar-refractivity contribution in [2.45, 2.75) is 70.5 Å². The fourth-order valence-electron chi connectivity index (χ4n) is 2.69. The summed E-state index contributed by atoms with van der Waals surface area (Å²) in [7, 11) is 0. The van der Waals surface area contributed by atoms with Crippen LogP contribution in [0.4, 0.5) is 0 Å². The Morgan fingerprint density at radius 3 is 2.80 bits per heavy atom. The first-order chi connectivity index (χ1) is 7.29. The van der Waals surface area contributed by atoms with Gasteiger partial charge in [-0.2, -0.15) is 0 Å². The van der Waals surface area contributed by atoms with Gasteiger partial charge in [0.15, 0.2) is 0 Å². The van der Waals surface area contributed by atoms with Gasteiger partial charge in [0.2, 0.25) is 0 Å². The van der Waals surface area contributed by atoms with E-state index in [0.29, 0.717) is 6.04 Å². The normalized spacial score (nSPS) is 29.6. The number of unbranched alkanes of at least 4 members (excludes halogenated alkanes) is 1. The summed E-state index contributed by atoms with van der Waals surface area (Å²) in [5, 5.41) is 3.78. The van der Waals surface area contributed by atoms with E-state index in [1.54, 1.807) is 0 Å². The Bertz CT molecular complexity index is 189. The average Bonchev–Trinajstić information content (AvgIpc) is 2.98. The molecule has 2 nitrogen and oxygen atoms in total. The van der Waals surface area contributed by atoms with Crippen LogP contribution in [0.1, 0.15) is 52.4 Å². The molecule has 0 amide bonds. The van der Waals surface area contributed by atoms with Crippen molar-refractivity contribution in [2.75, 3.05) is 13.1 Å². The third-order valence-corrected chi connectivity index (χ3v) is 3.79. The first kappa shape index (κ1) is 11.4. The van der Waals surface area contributed by atoms with Crippen LogP contribution in [0.25, 0.3) is 0 Å². The average molecular weight is 210 g/mol. The molecule has 88 valence electrons. The molecule has 0 aromatic rings. The molecule has 0 radical (unpaired) electrons. The lowest BCUT2D eigenvalue weighted by molar-refractivity contribution is 0.311. The minimum absolute atomic E-state index is 0.717. The largest absolute Gasteiger partial charge is 0.310 e. The van der Waals surface area contributed by atoms with E-state index in [9.17, 15) is 0 Å². The molecule has 2 aliphatic rings. The molecule has 0 aromatic carbocycles. The lowest BCUT2D eigenvalue weighted by atomic mass is 10.1. The summed E-state index contributed by atoms with van der Waals surface area (Å²) in [4.78, 5) is 2.68. The number of rotatable bonds is 6. The lowest BCUT2D eigenvalue weighted by Gasteiger charge is -2.20. The summed E-state index contributed by atoms with van der Waals surface area (Å²) in [6.45, 7) is 7.26. The fourth-order valence-corrected chi connectivity index (χ4v) is 2.69. The molecule has 1 aliphatic heterocycles. The topological polar surface area (TPSA) is 15.3 Å². The van der Waals surface area contributed by atoms with Crippen molar-refractivity contribution >= 4 is 0 Å². The maximum Gasteiger partial charge on any atom is 0.0209 e. The fraction of sp³-hybridized carbons (Fsp3) is 1.00. The molecule has 1 aliphatic carbocycles. The van der Waals surface area contributed by atoms with Crippen LogP contribution in [-0.2, 0) is 0 Å². The minimum Gasteiger partial charge on any atom is -0.310 e. The van der Waals surface area contributed by atoms with E-state index in [0.717, 1.165) is 12.1 Å². The maximum absolute atomic E-state index is 3.78. The van der Waals surface area contributed by atoms with Crippen molar-refractivity contribution in [1.29, 1.82) is 0 Å². The molecule has 0 bridgehead atoms. The predicted molar refractivity (Wildman–Crippen MR) is 65.1 cm³/mol. The molecule has 2 atom stereocenters. The summed E-state index contributed by atoms with van der Waals surface area (Å²) < 4.78 is 0. The number of hydrogen-bond acceptors (Lipinski definition) is 2. The minimum atomic E-state index is 0.717. The lowest BCUT2D eigenvalue weighted by Crippen LogP contribution is -2.38. The zero-order valence-electron chi connectivity index (χ0n) is 10.3. The summed E-state index contributed by atoms with van der Waals surface area (Å²) in [5.41, 5.74) is 0. The predicted octanol–water partition coefficient (Wildman–Crippen LogP) is 2.39. The van der Waals surface area contributed by atoms with Crippen molar-refractivity contribution in [3.05, 3.63) is 0 Å². The van der Waals surface area contributed by atoms with Crippen LogP contribution < -0.4 is 5.32 Å². The summed E-state index contributed by atoms with van der Waals surface area (Å²) in [5.74, 6) is 0. The van der Waals surface area contributed by atoms with Gasteiger partial charge in [-0.05, 0) is 32.6 Å². The van der Waals surface area contributed by atoms with Crippen LogP contribution in [0.3, 0.4) is 0 Å². The molecule has 0 aromatic heterocycles. The first-order valence-corrected chi connectivity index (χ1v) is 6.79. The van der Waals surface area contributed by atoms with Crippen LogP contribution in [-0.4, -0.2) is 36.1 Å². The summed E-state index contributed by atoms with van der Waals surface area (Å²) in [6.07, 6.45) is 8.32. The molecule has 1 saturated carbocycles. The van der Waals surface area contributed by atoms with Crippen molar-refractivity contribution in [3.8, 4) is 0 Å². The number of nitrogens with zero attached hydrogens (tertiary/aromatic N) is 1. The molecule has 2 unspecified atom stereocenters. The summed E-state index contributed by atoms with van der Waals surface area (Å²) >= 11 is 0. The number of hydrogen-bond donors (Lipinski definition) is 1. The van der Waals surface area contributed by atoms with Gasteiger partial charge in [0, 0.05) is 31.2 Å². The Kier molecular flexibility index (Phi) is 4.04. The van der Waals surface area contributed by atoms with E-state index >= 15 is 0 Å². The maximum atomic E-state index is 3.78. The Morgan fingerprint density at radius 1 is 1.33 bits per heavy atom. The second-order valence-corrected chi connectivity index (χ2v) is 5.42. The van der Waals surface area contributed by atoms with Crippen LogP contribution in [0, 0.1) is 0 Å². The molecular weight excluding hydrogens is 184 g/mol. The number of likely N-dealkylation sites (tertiary alicyclic amines) is 1. The SMILES string of the molecule is CCCCC(C)NC1CCN(C2CC2)C1. The Balaban J connectivity index is 1.62. The zero-order chi connectivity index (χ0) is 10.7. The van der Waals surface area contributed by atoms with E-state index < -0.39 is 0 Å². The third-order valence-electron chi connectivity index (χ3n) is 3.79. The molecule has 1 saturated heterocycles. The van der Waals surface area contributed by atoms with Gasteiger partial charge in [-0.1, -0.05) is 19.8 Å². The van der Waals surface area contributed by atoms with Crippen LogP contribution in [0.2, 0.25) is 0 Å². The van der Waals surface area contributed by atoms with E-state index in [1.807, 2.05) is 0 Å². The number of nitrogens with one attached hydrogen (secondary N) is 1. The highest BCUT2D eigenvalue weighted by molar-refractivity contribution is 4.92. The second-order valence-electron chi connectivity index (χ2n) is 5.42. The highest BCUT2D eigenvalue weighted by Gasteiger charge is 2.34. The molecule has 15 heavy (non-hydrogen) atoms. The first-order valence-electron chi connectivity index (χ1n) is 6.79. The van der Waals surface area contributed by atoms with Gasteiger partial charge in [0.25, 0.3) is 0 Å². The van der Waals surface area contributed by atoms with Crippen LogP contribution in [0.5, 0.6) is 0 Å². The molecule has 1 heterocycles. The molecule has 2 fully saturated rings. The van der Waals surface area contributed by atoms with E-state index in [-0.39, 0.29) is 0 Å². The van der Waals surface area contributed by atoms with Crippen LogP contribution in [0.15, 0.2) is 0 Å². The highest BCUT2D eigenvalue weighted by Crippen LogP contribution is 2.29. The monoisotopic (exact) mass is 210 g/mol. The van der Waals surface area contributed by atoms with E-state index in [1.165, 1.54) is 51.6 Å². The molecule has 1 N–H and O–H groups in total. The van der Waals surface area contributed by atoms with Crippen molar-refractivity contribution in [3.63, 3.8) is 0 Å². The smallest absolute Gasteiger partial charge is 0.0209 e. The highest BCUT2D eigenvalue weighted by atomic mass is 15.2. The second kappa shape index (κ2) is 5.31. The zero-order valence-corrected chi connectivity index (χ0v) is 10.3. The van der Waals surface area contributed by atoms with Crippen molar-refractivity contribution in [2.24, 2.45) is 0 Å².